The van der Waals surface area contributed by atoms with Crippen LogP contribution in [0.2, 0.25) is 5.15 Å². The molecule has 0 aliphatic carbocycles. The van der Waals surface area contributed by atoms with Crippen molar-refractivity contribution in [2.45, 2.75) is 25.7 Å². The molecule has 0 radical (unpaired) electrons. The second kappa shape index (κ2) is 7.88. The maximum Gasteiger partial charge on any atom is 0.154 e. The average molecular weight is 364 g/mol. The molecule has 1 aromatic carbocycles. The van der Waals surface area contributed by atoms with E-state index < -0.39 is 0 Å². The Morgan fingerprint density at radius 2 is 1.50 bits per heavy atom. The van der Waals surface area contributed by atoms with E-state index in [1.165, 1.54) is 61.2 Å². The molecule has 1 aromatic heterocycles. The molecule has 3 heterocycles. The van der Waals surface area contributed by atoms with Crippen LogP contribution < -0.4 is 4.90 Å². The van der Waals surface area contributed by atoms with Gasteiger partial charge in [-0.15, -0.1) is 0 Å². The van der Waals surface area contributed by atoms with Crippen LogP contribution in [0.1, 0.15) is 35.2 Å². The van der Waals surface area contributed by atoms with Crippen LogP contribution in [0.4, 0.5) is 5.69 Å². The van der Waals surface area contributed by atoms with Crippen molar-refractivity contribution in [1.29, 1.82) is 0 Å². The lowest BCUT2D eigenvalue weighted by atomic mass is 9.90. The summed E-state index contributed by atoms with van der Waals surface area (Å²) in [7, 11) is 0. The van der Waals surface area contributed by atoms with Gasteiger partial charge in [-0.2, -0.15) is 0 Å². The Morgan fingerprint density at radius 3 is 2.19 bits per heavy atom. The van der Waals surface area contributed by atoms with E-state index in [1.807, 2.05) is 24.3 Å². The number of hydrogen-bond donors (Lipinski definition) is 0. The minimum absolute atomic E-state index is 0.421. The summed E-state index contributed by atoms with van der Waals surface area (Å²) >= 11 is 5.98. The summed E-state index contributed by atoms with van der Waals surface area (Å²) in [5.41, 5.74) is 6.55. The maximum atomic E-state index is 5.98. The lowest BCUT2D eigenvalue weighted by Crippen LogP contribution is -2.34. The highest BCUT2D eigenvalue weighted by atomic mass is 35.5. The van der Waals surface area contributed by atoms with Crippen LogP contribution in [0, 0.1) is 0 Å². The Hall–Kier alpha value is -2.39. The number of benzene rings is 1. The van der Waals surface area contributed by atoms with Crippen molar-refractivity contribution < 1.29 is 0 Å². The lowest BCUT2D eigenvalue weighted by Gasteiger charge is -2.37. The van der Waals surface area contributed by atoms with Gasteiger partial charge in [0.15, 0.2) is 5.15 Å². The van der Waals surface area contributed by atoms with Crippen LogP contribution in [-0.4, -0.2) is 23.1 Å². The Labute approximate surface area is 159 Å². The third kappa shape index (κ3) is 3.73. The van der Waals surface area contributed by atoms with Gasteiger partial charge in [-0.25, -0.2) is 4.98 Å². The molecular formula is C22H22ClN3. The van der Waals surface area contributed by atoms with Gasteiger partial charge >= 0.3 is 0 Å². The molecule has 0 amide bonds. The van der Waals surface area contributed by atoms with Crippen molar-refractivity contribution in [3.8, 4) is 0 Å². The molecule has 4 heteroatoms. The van der Waals surface area contributed by atoms with Gasteiger partial charge in [0.2, 0.25) is 0 Å². The smallest absolute Gasteiger partial charge is 0.154 e. The van der Waals surface area contributed by atoms with Crippen molar-refractivity contribution in [2.75, 3.05) is 18.0 Å². The standard InChI is InChI=1S/C22H22ClN3/c23-22-20(24-11-12-25-22)10-4-2-1-3-7-17-15-18-8-5-13-26-14-6-9-19(16-17)21(18)26/h1-4,7,10-12,15-16H,5-6,8-9,13-14H2/b2-1+,7-3+,10-4+. The highest BCUT2D eigenvalue weighted by Crippen LogP contribution is 2.36. The molecular weight excluding hydrogens is 342 g/mol. The molecule has 2 aromatic rings. The number of hydrogen-bond acceptors (Lipinski definition) is 3. The van der Waals surface area contributed by atoms with E-state index in [9.17, 15) is 0 Å². The fraction of sp³-hybridized carbons (Fsp3) is 0.273. The molecule has 2 aliphatic rings. The van der Waals surface area contributed by atoms with Gasteiger partial charge in [-0.1, -0.05) is 42.0 Å². The third-order valence-corrected chi connectivity index (χ3v) is 5.20. The van der Waals surface area contributed by atoms with Crippen LogP contribution >= 0.6 is 11.6 Å². The predicted molar refractivity (Wildman–Crippen MR) is 110 cm³/mol. The summed E-state index contributed by atoms with van der Waals surface area (Å²) in [5, 5.41) is 0.421. The molecule has 0 N–H and O–H groups in total. The fourth-order valence-electron chi connectivity index (χ4n) is 3.81. The van der Waals surface area contributed by atoms with Crippen molar-refractivity contribution >= 4 is 29.4 Å². The number of rotatable bonds is 4. The van der Waals surface area contributed by atoms with Gasteiger partial charge in [0.05, 0.1) is 0 Å². The van der Waals surface area contributed by atoms with Crippen LogP contribution in [0.25, 0.3) is 12.2 Å². The number of halogens is 1. The summed E-state index contributed by atoms with van der Waals surface area (Å²) in [6.45, 7) is 2.44. The van der Waals surface area contributed by atoms with E-state index in [0.29, 0.717) is 10.8 Å². The van der Waals surface area contributed by atoms with E-state index in [-0.39, 0.29) is 0 Å². The largest absolute Gasteiger partial charge is 0.371 e. The van der Waals surface area contributed by atoms with Gasteiger partial charge in [0, 0.05) is 31.2 Å². The zero-order chi connectivity index (χ0) is 17.8. The number of aromatic nitrogens is 2. The van der Waals surface area contributed by atoms with Crippen molar-refractivity contribution in [3.63, 3.8) is 0 Å². The Morgan fingerprint density at radius 1 is 0.846 bits per heavy atom. The Bertz CT molecular complexity index is 852. The SMILES string of the molecule is Clc1nccnc1/C=C/C=C/C=C/c1cc2c3c(c1)CCCN3CCC2. The number of allylic oxidation sites excluding steroid dienone is 4. The van der Waals surface area contributed by atoms with E-state index in [4.69, 9.17) is 11.6 Å². The molecule has 0 unspecified atom stereocenters. The molecule has 26 heavy (non-hydrogen) atoms. The minimum atomic E-state index is 0.421. The molecule has 2 aliphatic heterocycles. The second-order valence-corrected chi connectivity index (χ2v) is 7.08. The molecule has 0 fully saturated rings. The van der Waals surface area contributed by atoms with Gasteiger partial charge in [0.25, 0.3) is 0 Å². The third-order valence-electron chi connectivity index (χ3n) is 4.91. The van der Waals surface area contributed by atoms with E-state index >= 15 is 0 Å². The zero-order valence-corrected chi connectivity index (χ0v) is 15.5. The molecule has 132 valence electrons. The Kier molecular flexibility index (Phi) is 5.16. The van der Waals surface area contributed by atoms with Crippen LogP contribution in [-0.2, 0) is 12.8 Å². The molecule has 0 bridgehead atoms. The quantitative estimate of drug-likeness (QED) is 0.706. The van der Waals surface area contributed by atoms with Gasteiger partial charge in [0.1, 0.15) is 5.69 Å². The van der Waals surface area contributed by atoms with Gasteiger partial charge < -0.3 is 4.90 Å². The predicted octanol–water partition coefficient (Wildman–Crippen LogP) is 5.11. The first kappa shape index (κ1) is 17.0. The molecule has 0 saturated carbocycles. The molecule has 0 atom stereocenters. The van der Waals surface area contributed by atoms with Crippen molar-refractivity contribution in [1.82, 2.24) is 9.97 Å². The molecule has 0 saturated heterocycles. The van der Waals surface area contributed by atoms with E-state index in [2.05, 4.69) is 39.2 Å². The van der Waals surface area contributed by atoms with Gasteiger partial charge in [-0.05, 0) is 60.6 Å². The fourth-order valence-corrected chi connectivity index (χ4v) is 3.98. The normalized spacial score (nSPS) is 16.7. The monoisotopic (exact) mass is 363 g/mol. The Balaban J connectivity index is 1.45. The number of nitrogens with zero attached hydrogens (tertiary/aromatic N) is 3. The van der Waals surface area contributed by atoms with Crippen molar-refractivity contribution in [2.24, 2.45) is 0 Å². The maximum absolute atomic E-state index is 5.98. The second-order valence-electron chi connectivity index (χ2n) is 6.72. The van der Waals surface area contributed by atoms with Gasteiger partial charge in [-0.3, -0.25) is 4.98 Å². The topological polar surface area (TPSA) is 29.0 Å². The highest BCUT2D eigenvalue weighted by molar-refractivity contribution is 6.30. The highest BCUT2D eigenvalue weighted by Gasteiger charge is 2.23. The summed E-state index contributed by atoms with van der Waals surface area (Å²) in [5.74, 6) is 0. The first-order chi connectivity index (χ1) is 12.8. The van der Waals surface area contributed by atoms with Crippen LogP contribution in [0.3, 0.4) is 0 Å². The molecule has 0 spiro atoms. The number of anilines is 1. The van der Waals surface area contributed by atoms with E-state index in [1.54, 1.807) is 12.4 Å². The summed E-state index contributed by atoms with van der Waals surface area (Å²) in [4.78, 5) is 10.8. The minimum Gasteiger partial charge on any atom is -0.371 e. The molecule has 3 nitrogen and oxygen atoms in total. The average Bonchev–Trinajstić information content (AvgIpc) is 2.66. The first-order valence-electron chi connectivity index (χ1n) is 9.20. The summed E-state index contributed by atoms with van der Waals surface area (Å²) in [6.07, 6.45) is 20.2. The van der Waals surface area contributed by atoms with Crippen LogP contribution in [0.5, 0.6) is 0 Å². The van der Waals surface area contributed by atoms with Crippen molar-refractivity contribution in [3.05, 3.63) is 76.4 Å². The summed E-state index contributed by atoms with van der Waals surface area (Å²) in [6, 6.07) is 4.71. The van der Waals surface area contributed by atoms with Crippen LogP contribution in [0.15, 0.2) is 48.8 Å². The zero-order valence-electron chi connectivity index (χ0n) is 14.7. The number of aryl methyl sites for hydroxylation is 2. The first-order valence-corrected chi connectivity index (χ1v) is 9.58. The van der Waals surface area contributed by atoms with E-state index in [0.717, 1.165) is 0 Å². The lowest BCUT2D eigenvalue weighted by molar-refractivity contribution is 0.634. The molecule has 4 rings (SSSR count). The summed E-state index contributed by atoms with van der Waals surface area (Å²) < 4.78 is 0.